The molecule has 0 radical (unpaired) electrons. The summed E-state index contributed by atoms with van der Waals surface area (Å²) >= 11 is 0. The van der Waals surface area contributed by atoms with E-state index in [1.165, 1.54) is 11.1 Å². The molecule has 0 nitrogen and oxygen atoms in total. The van der Waals surface area contributed by atoms with Gasteiger partial charge in [-0.1, -0.05) is 13.8 Å². The van der Waals surface area contributed by atoms with Gasteiger partial charge in [0.2, 0.25) is 0 Å². The fourth-order valence-corrected chi connectivity index (χ4v) is 5.81. The summed E-state index contributed by atoms with van der Waals surface area (Å²) in [5, 5.41) is 0. The predicted molar refractivity (Wildman–Crippen MR) is 163 cm³/mol. The first kappa shape index (κ1) is 47.1. The second kappa shape index (κ2) is 17.7. The van der Waals surface area contributed by atoms with Gasteiger partial charge >= 0.3 is 17.1 Å². The molecule has 0 aliphatic heterocycles. The van der Waals surface area contributed by atoms with Crippen LogP contribution in [0.1, 0.15) is 11.1 Å². The Morgan fingerprint density at radius 1 is 0.259 bits per heavy atom. The van der Waals surface area contributed by atoms with E-state index in [-0.39, 0.29) is 17.1 Å². The third-order valence-electron chi connectivity index (χ3n) is 8.37. The van der Waals surface area contributed by atoms with E-state index in [0.717, 1.165) is 0 Å². The van der Waals surface area contributed by atoms with Crippen LogP contribution in [0.2, 0.25) is 0 Å². The first-order chi connectivity index (χ1) is 26.5. The zero-order chi connectivity index (χ0) is 43.2. The van der Waals surface area contributed by atoms with Gasteiger partial charge in [0.05, 0.1) is 0 Å². The minimum absolute atomic E-state index is 0. The summed E-state index contributed by atoms with van der Waals surface area (Å²) < 4.78 is 294. The van der Waals surface area contributed by atoms with E-state index >= 15 is 35.1 Å². The first-order valence-electron chi connectivity index (χ1n) is 15.1. The average molecular weight is 893 g/mol. The molecule has 58 heavy (non-hydrogen) atoms. The Morgan fingerprint density at radius 3 is 0.483 bits per heavy atom. The van der Waals surface area contributed by atoms with Crippen LogP contribution in [-0.4, -0.2) is 6.15 Å². The molecule has 0 aliphatic carbocycles. The van der Waals surface area contributed by atoms with Crippen LogP contribution in [0.5, 0.6) is 0 Å². The first-order valence-corrected chi connectivity index (χ1v) is 15.1. The Bertz CT molecular complexity index is 2070. The van der Waals surface area contributed by atoms with Gasteiger partial charge in [0.25, 0.3) is 0 Å². The van der Waals surface area contributed by atoms with Gasteiger partial charge in [-0.15, -0.1) is 21.9 Å². The summed E-state index contributed by atoms with van der Waals surface area (Å²) in [6.07, 6.45) is -7.22. The second-order valence-corrected chi connectivity index (χ2v) is 11.7. The van der Waals surface area contributed by atoms with Crippen molar-refractivity contribution in [3.63, 3.8) is 0 Å². The Labute approximate surface area is 322 Å². The number of aryl methyl sites for hydroxylation is 2. The topological polar surface area (TPSA) is 0 Å². The minimum Gasteiger partial charge on any atom is -0.213 e. The third kappa shape index (κ3) is 7.58. The van der Waals surface area contributed by atoms with E-state index in [0.29, 0.717) is 0 Å². The van der Waals surface area contributed by atoms with Crippen LogP contribution in [0.25, 0.3) is 0 Å². The van der Waals surface area contributed by atoms with Crippen molar-refractivity contribution < 1.29 is 105 Å². The van der Waals surface area contributed by atoms with Crippen LogP contribution in [0.4, 0.5) is 87.8 Å². The summed E-state index contributed by atoms with van der Waals surface area (Å²) in [5.41, 5.74) is -11.6. The van der Waals surface area contributed by atoms with Crippen molar-refractivity contribution in [2.24, 2.45) is 0 Å². The van der Waals surface area contributed by atoms with Crippen LogP contribution < -0.4 is 21.9 Å². The molecule has 0 saturated heterocycles. The molecule has 0 aromatic heterocycles. The molecule has 6 aromatic rings. The molecule has 0 aliphatic rings. The number of benzene rings is 4. The van der Waals surface area contributed by atoms with Crippen molar-refractivity contribution in [3.8, 4) is 0 Å². The van der Waals surface area contributed by atoms with Gasteiger partial charge < -0.3 is 0 Å². The molecule has 0 atom stereocenters. The fourth-order valence-electron chi connectivity index (χ4n) is 5.81. The standard InChI is InChI=1S/C24BF20.2C6H7.Fe/c26-5-1(6(27)14(35)21(42)13(5)34)25(2-7(28)15(36)22(43)16(37)8(2)29,3-9(30)17(38)23(44)18(39)10(3)31)4-11(32)19(40)24(45)20(41)12(4)33;2*1-6-4-2-3-5-6;/h;2*2-5H,1H3;/q3*-1;+2. The molecule has 0 fully saturated rings. The molecular formula is C36H14BF20Fe-. The van der Waals surface area contributed by atoms with Gasteiger partial charge in [-0.3, -0.25) is 0 Å². The van der Waals surface area contributed by atoms with Crippen molar-refractivity contribution in [2.75, 3.05) is 0 Å². The molecule has 0 spiro atoms. The molecule has 310 valence electrons. The quantitative estimate of drug-likeness (QED) is 0.0545. The van der Waals surface area contributed by atoms with E-state index in [1.807, 2.05) is 24.3 Å². The number of hydrogen-bond acceptors (Lipinski definition) is 0. The predicted octanol–water partition coefficient (Wildman–Crippen LogP) is 9.27. The summed E-state index contributed by atoms with van der Waals surface area (Å²) in [6.45, 7) is 4.17. The van der Waals surface area contributed by atoms with E-state index < -0.39 is 144 Å². The van der Waals surface area contributed by atoms with Crippen LogP contribution >= 0.6 is 0 Å². The van der Waals surface area contributed by atoms with E-state index in [4.69, 9.17) is 0 Å². The van der Waals surface area contributed by atoms with Crippen molar-refractivity contribution in [3.05, 3.63) is 176 Å². The molecule has 0 saturated carbocycles. The van der Waals surface area contributed by atoms with Crippen LogP contribution in [-0.2, 0) is 17.1 Å². The molecule has 0 bridgehead atoms. The van der Waals surface area contributed by atoms with Crippen molar-refractivity contribution in [2.45, 2.75) is 13.8 Å². The fraction of sp³-hybridized carbons (Fsp3) is 0.0556. The summed E-state index contributed by atoms with van der Waals surface area (Å²) in [4.78, 5) is 0. The van der Waals surface area contributed by atoms with Gasteiger partial charge in [-0.2, -0.15) is 35.4 Å². The maximum absolute atomic E-state index is 15.4. The van der Waals surface area contributed by atoms with Crippen molar-refractivity contribution in [1.29, 1.82) is 0 Å². The SMILES string of the molecule is C[c-]1cccc1.C[c-]1cccc1.Fc1c(F)c(F)c([B-](c2c(F)c(F)c(F)c(F)c2F)(c2c(F)c(F)c(F)c(F)c2F)c2c(F)c(F)c(F)c(F)c2F)c(F)c1F.[Fe+2]. The van der Waals surface area contributed by atoms with Crippen LogP contribution in [0.15, 0.2) is 48.5 Å². The maximum atomic E-state index is 15.4. The normalized spacial score (nSPS) is 11.1. The molecule has 6 aromatic carbocycles. The van der Waals surface area contributed by atoms with Crippen molar-refractivity contribution in [1.82, 2.24) is 0 Å². The number of halogens is 20. The van der Waals surface area contributed by atoms with Gasteiger partial charge in [-0.05, 0) is 0 Å². The summed E-state index contributed by atoms with van der Waals surface area (Å²) in [5.74, 6) is -71.4. The maximum Gasteiger partial charge on any atom is 2.00 e. The Morgan fingerprint density at radius 2 is 0.379 bits per heavy atom. The molecule has 0 unspecified atom stereocenters. The van der Waals surface area contributed by atoms with Crippen LogP contribution in [0.3, 0.4) is 0 Å². The zero-order valence-corrected chi connectivity index (χ0v) is 29.2. The van der Waals surface area contributed by atoms with Gasteiger partial charge in [0.1, 0.15) is 52.7 Å². The molecule has 0 N–H and O–H groups in total. The third-order valence-corrected chi connectivity index (χ3v) is 8.37. The second-order valence-electron chi connectivity index (χ2n) is 11.7. The van der Waals surface area contributed by atoms with Crippen LogP contribution in [0, 0.1) is 130 Å². The Kier molecular flexibility index (Phi) is 14.4. The number of rotatable bonds is 4. The summed E-state index contributed by atoms with van der Waals surface area (Å²) in [6, 6.07) is 16.5. The van der Waals surface area contributed by atoms with Gasteiger partial charge in [-0.25, -0.2) is 112 Å². The van der Waals surface area contributed by atoms with E-state index in [9.17, 15) is 52.7 Å². The Balaban J connectivity index is 0.000000588. The minimum atomic E-state index is -7.22. The Hall–Kier alpha value is -5.24. The van der Waals surface area contributed by atoms with E-state index in [1.54, 1.807) is 0 Å². The largest absolute Gasteiger partial charge is 2.00 e. The molecule has 0 amide bonds. The summed E-state index contributed by atoms with van der Waals surface area (Å²) in [7, 11) is 0. The molecule has 0 heterocycles. The zero-order valence-electron chi connectivity index (χ0n) is 28.1. The molecular weight excluding hydrogens is 879 g/mol. The van der Waals surface area contributed by atoms with Gasteiger partial charge in [0, 0.05) is 0 Å². The van der Waals surface area contributed by atoms with E-state index in [2.05, 4.69) is 38.1 Å². The average Bonchev–Trinajstić information content (AvgIpc) is 3.88. The van der Waals surface area contributed by atoms with Gasteiger partial charge in [0.15, 0.2) is 69.8 Å². The van der Waals surface area contributed by atoms with Crippen molar-refractivity contribution >= 4 is 28.0 Å². The number of hydrogen-bond donors (Lipinski definition) is 0. The smallest absolute Gasteiger partial charge is 0.213 e. The molecule has 6 rings (SSSR count). The molecule has 22 heteroatoms. The monoisotopic (exact) mass is 893 g/mol.